The minimum atomic E-state index is -0.544. The quantitative estimate of drug-likeness (QED) is 0.498. The molecule has 0 spiro atoms. The van der Waals surface area contributed by atoms with Crippen molar-refractivity contribution in [2.24, 2.45) is 0 Å². The van der Waals surface area contributed by atoms with Crippen LogP contribution in [0.2, 0.25) is 0 Å². The van der Waals surface area contributed by atoms with E-state index in [0.717, 1.165) is 16.7 Å². The van der Waals surface area contributed by atoms with Crippen molar-refractivity contribution >= 4 is 34.5 Å². The molecule has 4 rings (SSSR count). The molecule has 0 atom stereocenters. The molecule has 6 nitrogen and oxygen atoms in total. The van der Waals surface area contributed by atoms with Crippen LogP contribution < -0.4 is 5.32 Å². The van der Waals surface area contributed by atoms with Crippen molar-refractivity contribution in [1.29, 1.82) is 0 Å². The summed E-state index contributed by atoms with van der Waals surface area (Å²) in [6.45, 7) is 1.97. The predicted molar refractivity (Wildman–Crippen MR) is 99.2 cm³/mol. The SMILES string of the molecule is Cc1cccc2oc(SCc3nc(C(=O)Nc4ccccc4F)co3)nc12. The Morgan fingerprint density at radius 3 is 2.85 bits per heavy atom. The molecule has 0 bridgehead atoms. The van der Waals surface area contributed by atoms with Gasteiger partial charge in [0.05, 0.1) is 11.4 Å². The molecule has 0 saturated heterocycles. The van der Waals surface area contributed by atoms with Gasteiger partial charge in [-0.15, -0.1) is 0 Å². The summed E-state index contributed by atoms with van der Waals surface area (Å²) < 4.78 is 24.6. The molecule has 4 aromatic rings. The lowest BCUT2D eigenvalue weighted by Gasteiger charge is -2.03. The van der Waals surface area contributed by atoms with Crippen LogP contribution in [0.5, 0.6) is 0 Å². The number of carbonyl (C=O) groups is 1. The van der Waals surface area contributed by atoms with Gasteiger partial charge in [-0.3, -0.25) is 4.79 Å². The number of carbonyl (C=O) groups excluding carboxylic acids is 1. The van der Waals surface area contributed by atoms with E-state index in [9.17, 15) is 9.18 Å². The highest BCUT2D eigenvalue weighted by atomic mass is 32.2. The van der Waals surface area contributed by atoms with E-state index >= 15 is 0 Å². The van der Waals surface area contributed by atoms with Crippen LogP contribution >= 0.6 is 11.8 Å². The van der Waals surface area contributed by atoms with Crippen LogP contribution in [-0.2, 0) is 5.75 Å². The number of oxazole rings is 2. The van der Waals surface area contributed by atoms with Crippen molar-refractivity contribution in [3.8, 4) is 0 Å². The van der Waals surface area contributed by atoms with E-state index in [1.165, 1.54) is 30.2 Å². The predicted octanol–water partition coefficient (Wildman–Crippen LogP) is 4.81. The molecule has 8 heteroatoms. The Bertz CT molecular complexity index is 1120. The van der Waals surface area contributed by atoms with Crippen LogP contribution in [0.1, 0.15) is 21.9 Å². The number of amides is 1. The average Bonchev–Trinajstić information content (AvgIpc) is 3.29. The van der Waals surface area contributed by atoms with E-state index in [0.29, 0.717) is 16.9 Å². The van der Waals surface area contributed by atoms with Gasteiger partial charge in [0.15, 0.2) is 11.3 Å². The largest absolute Gasteiger partial charge is 0.447 e. The number of benzene rings is 2. The summed E-state index contributed by atoms with van der Waals surface area (Å²) in [6, 6.07) is 11.6. The van der Waals surface area contributed by atoms with Gasteiger partial charge in [-0.2, -0.15) is 0 Å². The number of aromatic nitrogens is 2. The minimum Gasteiger partial charge on any atom is -0.447 e. The van der Waals surface area contributed by atoms with Gasteiger partial charge in [0, 0.05) is 0 Å². The molecule has 1 N–H and O–H groups in total. The van der Waals surface area contributed by atoms with Gasteiger partial charge in [-0.25, -0.2) is 14.4 Å². The molecule has 0 aliphatic rings. The third-order valence-corrected chi connectivity index (χ3v) is 4.64. The zero-order chi connectivity index (χ0) is 18.8. The summed E-state index contributed by atoms with van der Waals surface area (Å²) in [5.74, 6) is -0.370. The monoisotopic (exact) mass is 383 g/mol. The van der Waals surface area contributed by atoms with Crippen LogP contribution in [-0.4, -0.2) is 15.9 Å². The molecule has 0 radical (unpaired) electrons. The van der Waals surface area contributed by atoms with Gasteiger partial charge in [-0.1, -0.05) is 36.0 Å². The first kappa shape index (κ1) is 17.3. The lowest BCUT2D eigenvalue weighted by molar-refractivity contribution is 0.102. The number of hydrogen-bond donors (Lipinski definition) is 1. The van der Waals surface area contributed by atoms with Gasteiger partial charge >= 0.3 is 0 Å². The summed E-state index contributed by atoms with van der Waals surface area (Å²) in [7, 11) is 0. The van der Waals surface area contributed by atoms with E-state index in [4.69, 9.17) is 8.83 Å². The van der Waals surface area contributed by atoms with Crippen LogP contribution in [0.3, 0.4) is 0 Å². The molecule has 136 valence electrons. The molecule has 2 heterocycles. The van der Waals surface area contributed by atoms with Crippen molar-refractivity contribution in [2.45, 2.75) is 17.9 Å². The van der Waals surface area contributed by atoms with Crippen LogP contribution in [0.15, 0.2) is 62.8 Å². The summed E-state index contributed by atoms with van der Waals surface area (Å²) >= 11 is 1.31. The fraction of sp³-hybridized carbons (Fsp3) is 0.105. The van der Waals surface area contributed by atoms with Crippen LogP contribution in [0.4, 0.5) is 10.1 Å². The first-order chi connectivity index (χ1) is 13.1. The number of rotatable bonds is 5. The molecule has 0 fully saturated rings. The summed E-state index contributed by atoms with van der Waals surface area (Å²) in [5, 5.41) is 2.96. The Morgan fingerprint density at radius 2 is 2.04 bits per heavy atom. The number of aryl methyl sites for hydroxylation is 1. The van der Waals surface area contributed by atoms with E-state index in [2.05, 4.69) is 15.3 Å². The summed E-state index contributed by atoms with van der Waals surface area (Å²) in [6.07, 6.45) is 1.24. The van der Waals surface area contributed by atoms with Crippen molar-refractivity contribution in [1.82, 2.24) is 9.97 Å². The number of fused-ring (bicyclic) bond motifs is 1. The van der Waals surface area contributed by atoms with Crippen molar-refractivity contribution in [3.05, 3.63) is 71.7 Å². The fourth-order valence-corrected chi connectivity index (χ4v) is 3.17. The zero-order valence-electron chi connectivity index (χ0n) is 14.2. The highest BCUT2D eigenvalue weighted by molar-refractivity contribution is 7.98. The van der Waals surface area contributed by atoms with Gasteiger partial charge < -0.3 is 14.2 Å². The lowest BCUT2D eigenvalue weighted by atomic mass is 10.2. The van der Waals surface area contributed by atoms with E-state index < -0.39 is 11.7 Å². The van der Waals surface area contributed by atoms with Crippen molar-refractivity contribution < 1.29 is 18.0 Å². The van der Waals surface area contributed by atoms with E-state index in [-0.39, 0.29) is 11.4 Å². The molecule has 27 heavy (non-hydrogen) atoms. The Labute approximate surface area is 157 Å². The maximum Gasteiger partial charge on any atom is 0.277 e. The molecule has 0 aliphatic heterocycles. The lowest BCUT2D eigenvalue weighted by Crippen LogP contribution is -2.13. The Morgan fingerprint density at radius 1 is 1.19 bits per heavy atom. The van der Waals surface area contributed by atoms with E-state index in [1.807, 2.05) is 25.1 Å². The highest BCUT2D eigenvalue weighted by Gasteiger charge is 2.15. The minimum absolute atomic E-state index is 0.0715. The number of para-hydroxylation sites is 2. The topological polar surface area (TPSA) is 81.2 Å². The third-order valence-electron chi connectivity index (χ3n) is 3.83. The second kappa shape index (κ2) is 7.24. The average molecular weight is 383 g/mol. The molecule has 0 aliphatic carbocycles. The second-order valence-electron chi connectivity index (χ2n) is 5.75. The fourth-order valence-electron chi connectivity index (χ4n) is 2.48. The standard InChI is InChI=1S/C19H14FN3O3S/c1-11-5-4-8-15-17(11)23-19(26-15)27-10-16-21-14(9-25-16)18(24)22-13-7-3-2-6-12(13)20/h2-9H,10H2,1H3,(H,22,24). The molecule has 0 saturated carbocycles. The molecule has 2 aromatic heterocycles. The Hall–Kier alpha value is -3.13. The second-order valence-corrected chi connectivity index (χ2v) is 6.68. The van der Waals surface area contributed by atoms with Gasteiger partial charge in [0.2, 0.25) is 5.89 Å². The number of hydrogen-bond acceptors (Lipinski definition) is 6. The maximum atomic E-state index is 13.6. The molecular weight excluding hydrogens is 369 g/mol. The maximum absolute atomic E-state index is 13.6. The van der Waals surface area contributed by atoms with Gasteiger partial charge in [0.1, 0.15) is 17.6 Å². The van der Waals surface area contributed by atoms with Gasteiger partial charge in [0.25, 0.3) is 11.1 Å². The summed E-state index contributed by atoms with van der Waals surface area (Å²) in [4.78, 5) is 20.7. The molecule has 1 amide bonds. The zero-order valence-corrected chi connectivity index (χ0v) is 15.0. The normalized spacial score (nSPS) is 11.0. The molecule has 2 aromatic carbocycles. The van der Waals surface area contributed by atoms with Crippen molar-refractivity contribution in [3.63, 3.8) is 0 Å². The third kappa shape index (κ3) is 3.70. The Kier molecular flexibility index (Phi) is 4.64. The van der Waals surface area contributed by atoms with Crippen LogP contribution in [0.25, 0.3) is 11.1 Å². The van der Waals surface area contributed by atoms with E-state index in [1.54, 1.807) is 12.1 Å². The van der Waals surface area contributed by atoms with Gasteiger partial charge in [-0.05, 0) is 30.7 Å². The number of nitrogens with zero attached hydrogens (tertiary/aromatic N) is 2. The smallest absolute Gasteiger partial charge is 0.277 e. The van der Waals surface area contributed by atoms with Crippen LogP contribution in [0, 0.1) is 12.7 Å². The molecular formula is C19H14FN3O3S. The number of nitrogens with one attached hydrogen (secondary N) is 1. The summed E-state index contributed by atoms with van der Waals surface area (Å²) in [5.41, 5.74) is 2.73. The highest BCUT2D eigenvalue weighted by Crippen LogP contribution is 2.27. The number of thioether (sulfide) groups is 1. The number of anilines is 1. The number of halogens is 1. The molecule has 0 unspecified atom stereocenters. The first-order valence-electron chi connectivity index (χ1n) is 8.09. The first-order valence-corrected chi connectivity index (χ1v) is 9.08. The van der Waals surface area contributed by atoms with Crippen molar-refractivity contribution in [2.75, 3.05) is 5.32 Å². The Balaban J connectivity index is 1.42.